The van der Waals surface area contributed by atoms with Gasteiger partial charge in [-0.05, 0) is 0 Å². The minimum absolute atomic E-state index is 0.00639. The highest BCUT2D eigenvalue weighted by atomic mass is 16.5. The van der Waals surface area contributed by atoms with Crippen molar-refractivity contribution in [2.45, 2.75) is 18.6 Å². The fourth-order valence-electron chi connectivity index (χ4n) is 0.700. The molecule has 1 fully saturated rings. The Labute approximate surface area is 47.9 Å². The fourth-order valence-corrected chi connectivity index (χ4v) is 0.700. The van der Waals surface area contributed by atoms with E-state index in [4.69, 9.17) is 14.9 Å². The van der Waals surface area contributed by atoms with E-state index < -0.39 is 6.10 Å². The molecule has 1 rings (SSSR count). The molecule has 0 spiro atoms. The van der Waals surface area contributed by atoms with Crippen molar-refractivity contribution >= 4 is 0 Å². The van der Waals surface area contributed by atoms with Gasteiger partial charge < -0.3 is 14.9 Å². The largest absolute Gasteiger partial charge is 0.394 e. The van der Waals surface area contributed by atoms with E-state index >= 15 is 0 Å². The predicted octanol–water partition coefficient (Wildman–Crippen LogP) is -0.710. The lowest BCUT2D eigenvalue weighted by Gasteiger charge is -2.00. The predicted molar refractivity (Wildman–Crippen MR) is 26.9 cm³/mol. The lowest BCUT2D eigenvalue weighted by Crippen LogP contribution is -2.10. The summed E-state index contributed by atoms with van der Waals surface area (Å²) in [6, 6.07) is 0. The fraction of sp³-hybridized carbons (Fsp3) is 0.800. The quantitative estimate of drug-likeness (QED) is 0.477. The molecule has 1 aliphatic rings. The summed E-state index contributed by atoms with van der Waals surface area (Å²) in [7, 11) is 0. The van der Waals surface area contributed by atoms with E-state index in [0.717, 1.165) is 0 Å². The van der Waals surface area contributed by atoms with E-state index in [-0.39, 0.29) is 12.7 Å². The monoisotopic (exact) mass is 117 g/mol. The molecule has 1 aliphatic heterocycles. The summed E-state index contributed by atoms with van der Waals surface area (Å²) < 4.78 is 4.79. The highest BCUT2D eigenvalue weighted by molar-refractivity contribution is 4.79. The van der Waals surface area contributed by atoms with Crippen LogP contribution in [0.25, 0.3) is 0 Å². The average molecular weight is 117 g/mol. The molecule has 0 saturated carbocycles. The molecule has 0 unspecified atom stereocenters. The van der Waals surface area contributed by atoms with Gasteiger partial charge >= 0.3 is 0 Å². The summed E-state index contributed by atoms with van der Waals surface area (Å²) in [4.78, 5) is 0. The molecule has 3 nitrogen and oxygen atoms in total. The smallest absolute Gasteiger partial charge is 0.113 e. The van der Waals surface area contributed by atoms with Gasteiger partial charge in [0.1, 0.15) is 6.61 Å². The molecule has 2 N–H and O–H groups in total. The maximum Gasteiger partial charge on any atom is 0.113 e. The van der Waals surface area contributed by atoms with E-state index in [2.05, 4.69) is 0 Å². The third-order valence-corrected chi connectivity index (χ3v) is 1.14. The van der Waals surface area contributed by atoms with Gasteiger partial charge in [-0.2, -0.15) is 0 Å². The SMILES string of the molecule is OC[C@H]1C[C@H](O)[CH]O1. The second kappa shape index (κ2) is 2.44. The molecule has 1 saturated heterocycles. The number of rotatable bonds is 1. The van der Waals surface area contributed by atoms with E-state index in [1.165, 1.54) is 6.61 Å². The van der Waals surface area contributed by atoms with Crippen LogP contribution in [0.2, 0.25) is 0 Å². The van der Waals surface area contributed by atoms with Crippen LogP contribution in [0, 0.1) is 6.61 Å². The summed E-state index contributed by atoms with van der Waals surface area (Å²) in [5.74, 6) is 0. The van der Waals surface area contributed by atoms with E-state index in [9.17, 15) is 0 Å². The number of hydrogen-bond acceptors (Lipinski definition) is 3. The highest BCUT2D eigenvalue weighted by Gasteiger charge is 2.22. The van der Waals surface area contributed by atoms with Crippen LogP contribution in [-0.4, -0.2) is 29.0 Å². The molecule has 0 aliphatic carbocycles. The molecule has 0 amide bonds. The Morgan fingerprint density at radius 3 is 2.75 bits per heavy atom. The first-order valence-corrected chi connectivity index (χ1v) is 2.60. The van der Waals surface area contributed by atoms with Gasteiger partial charge in [0, 0.05) is 6.42 Å². The number of hydrogen-bond donors (Lipinski definition) is 2. The maximum absolute atomic E-state index is 8.74. The Kier molecular flexibility index (Phi) is 1.83. The molecular formula is C5H9O3. The van der Waals surface area contributed by atoms with Crippen molar-refractivity contribution in [2.75, 3.05) is 6.61 Å². The number of aliphatic hydroxyl groups excluding tert-OH is 2. The first-order valence-electron chi connectivity index (χ1n) is 2.60. The molecule has 1 heterocycles. The Morgan fingerprint density at radius 2 is 2.50 bits per heavy atom. The number of ether oxygens (including phenoxy) is 1. The third-order valence-electron chi connectivity index (χ3n) is 1.14. The molecule has 0 aromatic heterocycles. The van der Waals surface area contributed by atoms with Crippen molar-refractivity contribution in [1.29, 1.82) is 0 Å². The molecule has 8 heavy (non-hydrogen) atoms. The first kappa shape index (κ1) is 6.01. The van der Waals surface area contributed by atoms with Gasteiger partial charge in [0.2, 0.25) is 0 Å². The molecule has 0 aromatic carbocycles. The van der Waals surface area contributed by atoms with Crippen molar-refractivity contribution in [2.24, 2.45) is 0 Å². The van der Waals surface area contributed by atoms with Crippen LogP contribution in [0.1, 0.15) is 6.42 Å². The maximum atomic E-state index is 8.74. The molecule has 2 atom stereocenters. The van der Waals surface area contributed by atoms with E-state index in [0.29, 0.717) is 6.42 Å². The van der Waals surface area contributed by atoms with Crippen LogP contribution in [0.4, 0.5) is 0 Å². The Morgan fingerprint density at radius 1 is 1.75 bits per heavy atom. The molecule has 3 heteroatoms. The lowest BCUT2D eigenvalue weighted by molar-refractivity contribution is 0.0860. The molecule has 47 valence electrons. The zero-order valence-corrected chi connectivity index (χ0v) is 4.45. The van der Waals surface area contributed by atoms with Gasteiger partial charge in [0.15, 0.2) is 0 Å². The van der Waals surface area contributed by atoms with Crippen molar-refractivity contribution in [3.8, 4) is 0 Å². The van der Waals surface area contributed by atoms with Crippen LogP contribution < -0.4 is 0 Å². The summed E-state index contributed by atoms with van der Waals surface area (Å²) in [6.07, 6.45) is -0.131. The molecule has 1 radical (unpaired) electrons. The van der Waals surface area contributed by atoms with Gasteiger partial charge in [-0.1, -0.05) is 0 Å². The van der Waals surface area contributed by atoms with Crippen LogP contribution in [-0.2, 0) is 4.74 Å². The van der Waals surface area contributed by atoms with Crippen LogP contribution in [0.5, 0.6) is 0 Å². The average Bonchev–Trinajstić information content (AvgIpc) is 2.14. The highest BCUT2D eigenvalue weighted by Crippen LogP contribution is 2.15. The van der Waals surface area contributed by atoms with Crippen LogP contribution >= 0.6 is 0 Å². The minimum Gasteiger partial charge on any atom is -0.394 e. The standard InChI is InChI=1S/C5H9O3/c6-2-5-1-4(7)3-8-5/h3-7H,1-2H2/t4-,5+/m0/s1. The van der Waals surface area contributed by atoms with E-state index in [1.807, 2.05) is 0 Å². The zero-order chi connectivity index (χ0) is 5.98. The van der Waals surface area contributed by atoms with Crippen LogP contribution in [0.15, 0.2) is 0 Å². The topological polar surface area (TPSA) is 49.7 Å². The molecule has 0 aromatic rings. The summed E-state index contributed by atoms with van der Waals surface area (Å²) >= 11 is 0. The van der Waals surface area contributed by atoms with Gasteiger partial charge in [0.05, 0.1) is 18.8 Å². The van der Waals surface area contributed by atoms with Gasteiger partial charge in [0.25, 0.3) is 0 Å². The second-order valence-electron chi connectivity index (χ2n) is 1.88. The van der Waals surface area contributed by atoms with Crippen molar-refractivity contribution in [1.82, 2.24) is 0 Å². The number of aliphatic hydroxyl groups is 2. The Balaban J connectivity index is 2.22. The van der Waals surface area contributed by atoms with E-state index in [1.54, 1.807) is 0 Å². The minimum atomic E-state index is -0.479. The normalized spacial score (nSPS) is 38.2. The van der Waals surface area contributed by atoms with Gasteiger partial charge in [-0.3, -0.25) is 0 Å². The van der Waals surface area contributed by atoms with Crippen molar-refractivity contribution < 1.29 is 14.9 Å². The summed E-state index contributed by atoms with van der Waals surface area (Å²) in [5, 5.41) is 17.2. The lowest BCUT2D eigenvalue weighted by atomic mass is 10.2. The van der Waals surface area contributed by atoms with Gasteiger partial charge in [-0.15, -0.1) is 0 Å². The molecule has 0 bridgehead atoms. The Bertz CT molecular complexity index is 74.1. The van der Waals surface area contributed by atoms with Gasteiger partial charge in [-0.25, -0.2) is 0 Å². The Hall–Kier alpha value is -0.120. The van der Waals surface area contributed by atoms with Crippen molar-refractivity contribution in [3.63, 3.8) is 0 Å². The zero-order valence-electron chi connectivity index (χ0n) is 4.45. The molecular weight excluding hydrogens is 108 g/mol. The summed E-state index contributed by atoms with van der Waals surface area (Å²) in [5.41, 5.74) is 0. The first-order chi connectivity index (χ1) is 3.83. The summed E-state index contributed by atoms with van der Waals surface area (Å²) in [6.45, 7) is 1.34. The van der Waals surface area contributed by atoms with Crippen molar-refractivity contribution in [3.05, 3.63) is 6.61 Å². The van der Waals surface area contributed by atoms with Crippen LogP contribution in [0.3, 0.4) is 0 Å². The second-order valence-corrected chi connectivity index (χ2v) is 1.88. The third kappa shape index (κ3) is 1.18.